The summed E-state index contributed by atoms with van der Waals surface area (Å²) in [4.78, 5) is 25.5. The van der Waals surface area contributed by atoms with Gasteiger partial charge in [-0.1, -0.05) is 40.7 Å². The Morgan fingerprint density at radius 1 is 1.11 bits per heavy atom. The smallest absolute Gasteiger partial charge is 0.320 e. The third-order valence-electron chi connectivity index (χ3n) is 5.37. The van der Waals surface area contributed by atoms with E-state index in [4.69, 9.17) is 4.74 Å². The van der Waals surface area contributed by atoms with Crippen molar-refractivity contribution in [3.8, 4) is 12.1 Å². The fourth-order valence-electron chi connectivity index (χ4n) is 4.08. The van der Waals surface area contributed by atoms with Crippen molar-refractivity contribution in [2.45, 2.75) is 41.5 Å². The van der Waals surface area contributed by atoms with Crippen LogP contribution in [0.1, 0.15) is 56.1 Å². The van der Waals surface area contributed by atoms with Crippen LogP contribution in [0.2, 0.25) is 0 Å². The monoisotopic (exact) mass is 495 g/mol. The molecule has 0 radical (unpaired) electrons. The first-order chi connectivity index (χ1) is 16.7. The first kappa shape index (κ1) is 28.9. The van der Waals surface area contributed by atoms with E-state index in [1.54, 1.807) is 19.2 Å². The number of ether oxygens (including phenoxy) is 1. The summed E-state index contributed by atoms with van der Waals surface area (Å²) in [5.74, 6) is 0.630. The quantitative estimate of drug-likeness (QED) is 0.505. The predicted octanol–water partition coefficient (Wildman–Crippen LogP) is 4.21. The van der Waals surface area contributed by atoms with E-state index in [1.807, 2.05) is 39.0 Å². The van der Waals surface area contributed by atoms with Crippen molar-refractivity contribution in [3.05, 3.63) is 34.9 Å². The molecule has 2 rings (SSSR count). The molecule has 0 aliphatic rings. The Morgan fingerprint density at radius 3 is 2.33 bits per heavy atom. The highest BCUT2D eigenvalue weighted by Gasteiger charge is 2.25. The van der Waals surface area contributed by atoms with E-state index in [-0.39, 0.29) is 22.7 Å². The zero-order valence-corrected chi connectivity index (χ0v) is 23.4. The largest absolute Gasteiger partial charge is 0.463 e. The maximum atomic E-state index is 12.2. The summed E-state index contributed by atoms with van der Waals surface area (Å²) < 4.78 is 6.09. The molecular weight excluding hydrogens is 454 g/mol. The van der Waals surface area contributed by atoms with Gasteiger partial charge in [0.05, 0.1) is 6.61 Å². The summed E-state index contributed by atoms with van der Waals surface area (Å²) in [6, 6.07) is 7.83. The molecule has 1 amide bonds. The molecule has 9 nitrogen and oxygen atoms in total. The number of benzene rings is 1. The summed E-state index contributed by atoms with van der Waals surface area (Å²) in [5.41, 5.74) is 2.24. The van der Waals surface area contributed by atoms with Crippen LogP contribution >= 0.6 is 0 Å². The van der Waals surface area contributed by atoms with E-state index in [9.17, 15) is 10.1 Å². The lowest BCUT2D eigenvalue weighted by Crippen LogP contribution is -2.34. The fourth-order valence-corrected chi connectivity index (χ4v) is 4.08. The molecule has 0 spiro atoms. The van der Waals surface area contributed by atoms with E-state index < -0.39 is 0 Å². The SMILES string of the molecule is CNC(=O)c1ccc(C)c(Nc2nc(OCC(C)(C)CN(C)C)nc(N(C)CC(C)(C)C)c2C#N)c1. The molecule has 2 N–H and O–H groups in total. The number of amides is 1. The van der Waals surface area contributed by atoms with Gasteiger partial charge in [0, 0.05) is 43.9 Å². The van der Waals surface area contributed by atoms with E-state index in [0.29, 0.717) is 41.6 Å². The zero-order chi connectivity index (χ0) is 27.3. The molecule has 0 saturated heterocycles. The van der Waals surface area contributed by atoms with Crippen molar-refractivity contribution >= 4 is 23.2 Å². The van der Waals surface area contributed by atoms with E-state index in [1.165, 1.54) is 0 Å². The third-order valence-corrected chi connectivity index (χ3v) is 5.37. The third kappa shape index (κ3) is 8.09. The van der Waals surface area contributed by atoms with Crippen LogP contribution in [-0.4, -0.2) is 68.7 Å². The first-order valence-electron chi connectivity index (χ1n) is 12.1. The Hall–Kier alpha value is -3.38. The van der Waals surface area contributed by atoms with Crippen molar-refractivity contribution < 1.29 is 9.53 Å². The minimum absolute atomic E-state index is 0.0207. The number of carbonyl (C=O) groups is 1. The Morgan fingerprint density at radius 2 is 1.78 bits per heavy atom. The van der Waals surface area contributed by atoms with Gasteiger partial charge in [0.15, 0.2) is 11.6 Å². The van der Waals surface area contributed by atoms with Crippen LogP contribution in [0.3, 0.4) is 0 Å². The van der Waals surface area contributed by atoms with Gasteiger partial charge in [-0.3, -0.25) is 4.79 Å². The maximum absolute atomic E-state index is 12.2. The standard InChI is InChI=1S/C27H41N7O2/c1-18-11-12-19(24(35)29-7)13-21(18)30-22-20(14-28)23(34(10)15-26(2,3)4)32-25(31-22)36-17-27(5,6)16-33(8)9/h11-13H,15-17H2,1-10H3,(H,29,35)(H,30,31,32). The second-order valence-electron chi connectivity index (χ2n) is 11.5. The lowest BCUT2D eigenvalue weighted by atomic mass is 9.94. The molecule has 0 aliphatic heterocycles. The molecule has 36 heavy (non-hydrogen) atoms. The van der Waals surface area contributed by atoms with E-state index in [0.717, 1.165) is 12.1 Å². The Balaban J connectivity index is 2.56. The lowest BCUT2D eigenvalue weighted by Gasteiger charge is -2.29. The Labute approximate surface area is 215 Å². The summed E-state index contributed by atoms with van der Waals surface area (Å²) in [6.45, 7) is 14.5. The van der Waals surface area contributed by atoms with Gasteiger partial charge in [-0.05, 0) is 44.1 Å². The van der Waals surface area contributed by atoms with Gasteiger partial charge in [0.2, 0.25) is 0 Å². The van der Waals surface area contributed by atoms with Gasteiger partial charge in [-0.15, -0.1) is 0 Å². The van der Waals surface area contributed by atoms with E-state index in [2.05, 4.69) is 66.2 Å². The lowest BCUT2D eigenvalue weighted by molar-refractivity contribution is 0.0963. The number of anilines is 3. The molecule has 0 unspecified atom stereocenters. The molecular formula is C27H41N7O2. The highest BCUT2D eigenvalue weighted by Crippen LogP contribution is 2.31. The highest BCUT2D eigenvalue weighted by atomic mass is 16.5. The number of hydrogen-bond donors (Lipinski definition) is 2. The number of nitrogens with one attached hydrogen (secondary N) is 2. The summed E-state index contributed by atoms with van der Waals surface area (Å²) in [7, 11) is 7.55. The number of carbonyl (C=O) groups excluding carboxylic acids is 1. The minimum Gasteiger partial charge on any atom is -0.463 e. The number of aromatic nitrogens is 2. The average molecular weight is 496 g/mol. The molecule has 2 aromatic rings. The van der Waals surface area contributed by atoms with Crippen molar-refractivity contribution in [2.24, 2.45) is 10.8 Å². The van der Waals surface area contributed by atoms with Crippen LogP contribution in [-0.2, 0) is 0 Å². The maximum Gasteiger partial charge on any atom is 0.320 e. The summed E-state index contributed by atoms with van der Waals surface area (Å²) in [5, 5.41) is 16.0. The molecule has 0 fully saturated rings. The highest BCUT2D eigenvalue weighted by molar-refractivity contribution is 5.95. The average Bonchev–Trinajstić information content (AvgIpc) is 2.76. The zero-order valence-electron chi connectivity index (χ0n) is 23.4. The molecule has 1 heterocycles. The van der Waals surface area contributed by atoms with Crippen molar-refractivity contribution in [1.82, 2.24) is 20.2 Å². The van der Waals surface area contributed by atoms with Crippen LogP contribution in [0.4, 0.5) is 17.3 Å². The van der Waals surface area contributed by atoms with Crippen LogP contribution in [0.15, 0.2) is 18.2 Å². The normalized spacial score (nSPS) is 11.7. The number of rotatable bonds is 10. The topological polar surface area (TPSA) is 106 Å². The molecule has 196 valence electrons. The number of nitrogens with zero attached hydrogens (tertiary/aromatic N) is 5. The van der Waals surface area contributed by atoms with Gasteiger partial charge in [0.25, 0.3) is 5.91 Å². The summed E-state index contributed by atoms with van der Waals surface area (Å²) >= 11 is 0. The van der Waals surface area contributed by atoms with Gasteiger partial charge in [-0.25, -0.2) is 0 Å². The van der Waals surface area contributed by atoms with Crippen LogP contribution < -0.4 is 20.3 Å². The van der Waals surface area contributed by atoms with Crippen molar-refractivity contribution in [3.63, 3.8) is 0 Å². The summed E-state index contributed by atoms with van der Waals surface area (Å²) in [6.07, 6.45) is 0. The van der Waals surface area contributed by atoms with Crippen molar-refractivity contribution in [2.75, 3.05) is 58.1 Å². The Bertz CT molecular complexity index is 1110. The molecule has 9 heteroatoms. The molecule has 0 bridgehead atoms. The van der Waals surface area contributed by atoms with Gasteiger partial charge < -0.3 is 25.2 Å². The second-order valence-corrected chi connectivity index (χ2v) is 11.5. The molecule has 0 atom stereocenters. The van der Waals surface area contributed by atoms with E-state index >= 15 is 0 Å². The number of nitriles is 1. The number of hydrogen-bond acceptors (Lipinski definition) is 8. The second kappa shape index (κ2) is 11.6. The molecule has 1 aromatic carbocycles. The number of aryl methyl sites for hydroxylation is 1. The van der Waals surface area contributed by atoms with Crippen molar-refractivity contribution in [1.29, 1.82) is 5.26 Å². The fraction of sp³-hybridized carbons (Fsp3) is 0.556. The van der Waals surface area contributed by atoms with Gasteiger partial charge >= 0.3 is 6.01 Å². The van der Waals surface area contributed by atoms with Crippen LogP contribution in [0.5, 0.6) is 6.01 Å². The Kier molecular flexibility index (Phi) is 9.27. The molecule has 0 aliphatic carbocycles. The molecule has 0 saturated carbocycles. The van der Waals surface area contributed by atoms with Gasteiger partial charge in [-0.2, -0.15) is 15.2 Å². The van der Waals surface area contributed by atoms with Crippen LogP contribution in [0, 0.1) is 29.1 Å². The predicted molar refractivity (Wildman–Crippen MR) is 145 cm³/mol. The van der Waals surface area contributed by atoms with Crippen LogP contribution in [0.25, 0.3) is 0 Å². The molecule has 1 aromatic heterocycles. The minimum atomic E-state index is -0.195. The first-order valence-corrected chi connectivity index (χ1v) is 12.1. The van der Waals surface area contributed by atoms with Gasteiger partial charge in [0.1, 0.15) is 11.6 Å².